The third-order valence-electron chi connectivity index (χ3n) is 2.46. The van der Waals surface area contributed by atoms with Crippen molar-refractivity contribution in [1.29, 1.82) is 0 Å². The van der Waals surface area contributed by atoms with Gasteiger partial charge in [0.2, 0.25) is 0 Å². The Morgan fingerprint density at radius 2 is 2.06 bits per heavy atom. The van der Waals surface area contributed by atoms with E-state index in [1.807, 2.05) is 42.6 Å². The van der Waals surface area contributed by atoms with E-state index in [1.165, 1.54) is 11.3 Å². The van der Waals surface area contributed by atoms with E-state index < -0.39 is 0 Å². The SMILES string of the molecule is C[C@@H](NC(=O)c1cccs1)c1ccccc1Cl. The van der Waals surface area contributed by atoms with Gasteiger partial charge in [-0.25, -0.2) is 0 Å². The maximum absolute atomic E-state index is 11.9. The predicted octanol–water partition coefficient (Wildman–Crippen LogP) is 3.89. The summed E-state index contributed by atoms with van der Waals surface area (Å²) >= 11 is 7.51. The Morgan fingerprint density at radius 1 is 1.29 bits per heavy atom. The van der Waals surface area contributed by atoms with Gasteiger partial charge in [-0.2, -0.15) is 0 Å². The van der Waals surface area contributed by atoms with Crippen molar-refractivity contribution < 1.29 is 4.79 Å². The Kier molecular flexibility index (Phi) is 3.82. The molecule has 0 bridgehead atoms. The Bertz CT molecular complexity index is 510. The zero-order valence-electron chi connectivity index (χ0n) is 9.31. The Morgan fingerprint density at radius 3 is 2.71 bits per heavy atom. The summed E-state index contributed by atoms with van der Waals surface area (Å²) < 4.78 is 0. The molecular weight excluding hydrogens is 254 g/mol. The van der Waals surface area contributed by atoms with Gasteiger partial charge in [0.05, 0.1) is 10.9 Å². The highest BCUT2D eigenvalue weighted by molar-refractivity contribution is 7.12. The molecule has 1 amide bonds. The number of amides is 1. The minimum Gasteiger partial charge on any atom is -0.345 e. The molecule has 0 aliphatic heterocycles. The molecule has 1 aromatic carbocycles. The maximum atomic E-state index is 11.9. The van der Waals surface area contributed by atoms with Crippen molar-refractivity contribution >= 4 is 28.8 Å². The van der Waals surface area contributed by atoms with Crippen LogP contribution in [0, 0.1) is 0 Å². The van der Waals surface area contributed by atoms with Crippen LogP contribution in [0.15, 0.2) is 41.8 Å². The molecule has 1 N–H and O–H groups in total. The van der Waals surface area contributed by atoms with Crippen LogP contribution in [-0.4, -0.2) is 5.91 Å². The van der Waals surface area contributed by atoms with Gasteiger partial charge in [0.15, 0.2) is 0 Å². The van der Waals surface area contributed by atoms with Gasteiger partial charge in [-0.15, -0.1) is 11.3 Å². The van der Waals surface area contributed by atoms with E-state index in [1.54, 1.807) is 6.07 Å². The normalized spacial score (nSPS) is 12.1. The molecule has 0 aliphatic carbocycles. The molecule has 0 saturated carbocycles. The third-order valence-corrected chi connectivity index (χ3v) is 3.68. The number of hydrogen-bond acceptors (Lipinski definition) is 2. The van der Waals surface area contributed by atoms with Crippen LogP contribution < -0.4 is 5.32 Å². The highest BCUT2D eigenvalue weighted by atomic mass is 35.5. The van der Waals surface area contributed by atoms with E-state index in [0.717, 1.165) is 5.56 Å². The first-order chi connectivity index (χ1) is 8.18. The van der Waals surface area contributed by atoms with Crippen LogP contribution in [0.4, 0.5) is 0 Å². The van der Waals surface area contributed by atoms with E-state index >= 15 is 0 Å². The lowest BCUT2D eigenvalue weighted by Crippen LogP contribution is -2.26. The van der Waals surface area contributed by atoms with Gasteiger partial charge >= 0.3 is 0 Å². The number of rotatable bonds is 3. The van der Waals surface area contributed by atoms with Gasteiger partial charge in [-0.1, -0.05) is 35.9 Å². The average Bonchev–Trinajstić information content (AvgIpc) is 2.82. The molecule has 0 unspecified atom stereocenters. The van der Waals surface area contributed by atoms with Crippen LogP contribution in [0.5, 0.6) is 0 Å². The zero-order chi connectivity index (χ0) is 12.3. The molecule has 1 atom stereocenters. The number of thiophene rings is 1. The Balaban J connectivity index is 2.10. The lowest BCUT2D eigenvalue weighted by molar-refractivity contribution is 0.0944. The van der Waals surface area contributed by atoms with Crippen LogP contribution in [0.2, 0.25) is 5.02 Å². The lowest BCUT2D eigenvalue weighted by Gasteiger charge is -2.14. The number of benzene rings is 1. The predicted molar refractivity (Wildman–Crippen MR) is 71.7 cm³/mol. The first kappa shape index (κ1) is 12.1. The zero-order valence-corrected chi connectivity index (χ0v) is 10.9. The van der Waals surface area contributed by atoms with Gasteiger partial charge in [0.25, 0.3) is 5.91 Å². The summed E-state index contributed by atoms with van der Waals surface area (Å²) in [6, 6.07) is 11.1. The topological polar surface area (TPSA) is 29.1 Å². The Hall–Kier alpha value is -1.32. The number of carbonyl (C=O) groups excluding carboxylic acids is 1. The summed E-state index contributed by atoms with van der Waals surface area (Å²) in [5.74, 6) is -0.0626. The summed E-state index contributed by atoms with van der Waals surface area (Å²) in [6.07, 6.45) is 0. The van der Waals surface area contributed by atoms with Crippen molar-refractivity contribution in [2.45, 2.75) is 13.0 Å². The van der Waals surface area contributed by atoms with Crippen LogP contribution in [0.3, 0.4) is 0 Å². The van der Waals surface area contributed by atoms with Gasteiger partial charge < -0.3 is 5.32 Å². The number of nitrogens with one attached hydrogen (secondary N) is 1. The average molecular weight is 266 g/mol. The molecule has 2 nitrogen and oxygen atoms in total. The molecule has 1 aromatic heterocycles. The molecule has 0 aliphatic rings. The highest BCUT2D eigenvalue weighted by Gasteiger charge is 2.13. The summed E-state index contributed by atoms with van der Waals surface area (Å²) in [4.78, 5) is 12.6. The van der Waals surface area contributed by atoms with Crippen LogP contribution in [0.1, 0.15) is 28.2 Å². The minimum absolute atomic E-state index is 0.0626. The second-order valence-corrected chi connectivity index (χ2v) is 5.05. The van der Waals surface area contributed by atoms with E-state index in [0.29, 0.717) is 9.90 Å². The fourth-order valence-electron chi connectivity index (χ4n) is 1.58. The van der Waals surface area contributed by atoms with Crippen molar-refractivity contribution in [3.63, 3.8) is 0 Å². The molecule has 1 heterocycles. The highest BCUT2D eigenvalue weighted by Crippen LogP contribution is 2.22. The monoisotopic (exact) mass is 265 g/mol. The molecule has 4 heteroatoms. The molecule has 0 radical (unpaired) electrons. The smallest absolute Gasteiger partial charge is 0.261 e. The minimum atomic E-state index is -0.0988. The molecule has 2 aromatic rings. The molecule has 0 saturated heterocycles. The van der Waals surface area contributed by atoms with Crippen molar-refractivity contribution in [3.8, 4) is 0 Å². The van der Waals surface area contributed by atoms with Gasteiger partial charge in [0.1, 0.15) is 0 Å². The van der Waals surface area contributed by atoms with Crippen molar-refractivity contribution in [2.24, 2.45) is 0 Å². The fourth-order valence-corrected chi connectivity index (χ4v) is 2.51. The largest absolute Gasteiger partial charge is 0.345 e. The van der Waals surface area contributed by atoms with E-state index in [9.17, 15) is 4.79 Å². The Labute approximate surface area is 109 Å². The summed E-state index contributed by atoms with van der Waals surface area (Å²) in [5.41, 5.74) is 0.930. The number of carbonyl (C=O) groups is 1. The molecule has 2 rings (SSSR count). The molecule has 88 valence electrons. The molecule has 17 heavy (non-hydrogen) atoms. The molecular formula is C13H12ClNOS. The van der Waals surface area contributed by atoms with Gasteiger partial charge in [0, 0.05) is 5.02 Å². The van der Waals surface area contributed by atoms with Gasteiger partial charge in [-0.05, 0) is 30.0 Å². The first-order valence-electron chi connectivity index (χ1n) is 5.27. The van der Waals surface area contributed by atoms with E-state index in [2.05, 4.69) is 5.32 Å². The van der Waals surface area contributed by atoms with Crippen LogP contribution in [-0.2, 0) is 0 Å². The van der Waals surface area contributed by atoms with Gasteiger partial charge in [-0.3, -0.25) is 4.79 Å². The van der Waals surface area contributed by atoms with E-state index in [4.69, 9.17) is 11.6 Å². The lowest BCUT2D eigenvalue weighted by atomic mass is 10.1. The van der Waals surface area contributed by atoms with Crippen molar-refractivity contribution in [1.82, 2.24) is 5.32 Å². The molecule has 0 spiro atoms. The fraction of sp³-hybridized carbons (Fsp3) is 0.154. The number of hydrogen-bond donors (Lipinski definition) is 1. The second-order valence-electron chi connectivity index (χ2n) is 3.69. The summed E-state index contributed by atoms with van der Waals surface area (Å²) in [5, 5.41) is 5.48. The first-order valence-corrected chi connectivity index (χ1v) is 6.53. The van der Waals surface area contributed by atoms with Crippen LogP contribution >= 0.6 is 22.9 Å². The second kappa shape index (κ2) is 5.34. The van der Waals surface area contributed by atoms with Crippen LogP contribution in [0.25, 0.3) is 0 Å². The molecule has 0 fully saturated rings. The standard InChI is InChI=1S/C13H12ClNOS/c1-9(10-5-2-3-6-11(10)14)15-13(16)12-7-4-8-17-12/h2-9H,1H3,(H,15,16)/t9-/m1/s1. The quantitative estimate of drug-likeness (QED) is 0.896. The third kappa shape index (κ3) is 2.87. The number of halogens is 1. The summed E-state index contributed by atoms with van der Waals surface area (Å²) in [6.45, 7) is 1.92. The van der Waals surface area contributed by atoms with Crippen molar-refractivity contribution in [3.05, 3.63) is 57.2 Å². The maximum Gasteiger partial charge on any atom is 0.261 e. The summed E-state index contributed by atoms with van der Waals surface area (Å²) in [7, 11) is 0. The van der Waals surface area contributed by atoms with Crippen molar-refractivity contribution in [2.75, 3.05) is 0 Å². The van der Waals surface area contributed by atoms with E-state index in [-0.39, 0.29) is 11.9 Å².